The van der Waals surface area contributed by atoms with Crippen LogP contribution in [0.15, 0.2) is 24.3 Å². The Morgan fingerprint density at radius 3 is 2.40 bits per heavy atom. The normalized spacial score (nSPS) is 15.0. The summed E-state index contributed by atoms with van der Waals surface area (Å²) in [6, 6.07) is 7.79. The zero-order valence-corrected chi connectivity index (χ0v) is 17.1. The van der Waals surface area contributed by atoms with Gasteiger partial charge in [0.1, 0.15) is 5.75 Å². The molecule has 0 bridgehead atoms. The summed E-state index contributed by atoms with van der Waals surface area (Å²) in [5, 5.41) is 2.94. The van der Waals surface area contributed by atoms with E-state index < -0.39 is 18.1 Å². The first-order valence-electron chi connectivity index (χ1n) is 10.6. The van der Waals surface area contributed by atoms with Gasteiger partial charge < -0.3 is 14.8 Å². The molecule has 0 amide bonds. The molecule has 1 fully saturated rings. The van der Waals surface area contributed by atoms with Gasteiger partial charge in [0.15, 0.2) is 0 Å². The lowest BCUT2D eigenvalue weighted by molar-refractivity contribution is -0.201. The molecule has 0 saturated heterocycles. The summed E-state index contributed by atoms with van der Waals surface area (Å²) in [4.78, 5) is 21.7. The molecule has 0 aliphatic heterocycles. The molecule has 1 aromatic rings. The number of ether oxygens (including phenoxy) is 2. The van der Waals surface area contributed by atoms with Crippen molar-refractivity contribution in [3.05, 3.63) is 29.8 Å². The van der Waals surface area contributed by atoms with Gasteiger partial charge in [0.25, 0.3) is 0 Å². The van der Waals surface area contributed by atoms with Gasteiger partial charge in [0, 0.05) is 6.54 Å². The average Bonchev–Trinajstić information content (AvgIpc) is 2.72. The van der Waals surface area contributed by atoms with Gasteiger partial charge in [-0.1, -0.05) is 44.2 Å². The maximum absolute atomic E-state index is 12.0. The summed E-state index contributed by atoms with van der Waals surface area (Å²) < 4.78 is 45.5. The monoisotopic (exact) mass is 429 g/mol. The van der Waals surface area contributed by atoms with Crippen molar-refractivity contribution in [1.82, 2.24) is 5.32 Å². The number of nitrogens with one attached hydrogen (secondary N) is 1. The van der Waals surface area contributed by atoms with Crippen molar-refractivity contribution < 1.29 is 32.2 Å². The van der Waals surface area contributed by atoms with Crippen LogP contribution in [0.4, 0.5) is 13.2 Å². The number of carbonyl (C=O) groups excluding carboxylic acids is 2. The summed E-state index contributed by atoms with van der Waals surface area (Å²) >= 11 is 0. The summed E-state index contributed by atoms with van der Waals surface area (Å²) in [7, 11) is 0. The molecule has 1 aliphatic carbocycles. The third-order valence-corrected chi connectivity index (χ3v) is 5.21. The average molecular weight is 429 g/mol. The number of halogens is 3. The van der Waals surface area contributed by atoms with E-state index in [-0.39, 0.29) is 13.0 Å². The Bertz CT molecular complexity index is 655. The second-order valence-corrected chi connectivity index (χ2v) is 7.65. The fourth-order valence-electron chi connectivity index (χ4n) is 3.55. The highest BCUT2D eigenvalue weighted by Crippen LogP contribution is 2.27. The molecule has 1 saturated carbocycles. The van der Waals surface area contributed by atoms with Crippen LogP contribution < -0.4 is 10.1 Å². The van der Waals surface area contributed by atoms with Gasteiger partial charge >= 0.3 is 18.1 Å². The second kappa shape index (κ2) is 12.6. The van der Waals surface area contributed by atoms with Crippen molar-refractivity contribution in [2.45, 2.75) is 64.0 Å². The van der Waals surface area contributed by atoms with Crippen molar-refractivity contribution in [3.8, 4) is 5.75 Å². The highest BCUT2D eigenvalue weighted by atomic mass is 19.4. The Morgan fingerprint density at radius 1 is 1.03 bits per heavy atom. The molecule has 8 heteroatoms. The predicted molar refractivity (Wildman–Crippen MR) is 106 cm³/mol. The standard InChI is InChI=1S/C22H30F3NO4/c23-22(24,25)21(28)30-20(27)13-15-26-14-12-18-8-10-19(11-9-18)29-16-4-7-17-5-2-1-3-6-17/h8-11,17,26H,1-7,12-16H2. The lowest BCUT2D eigenvalue weighted by Crippen LogP contribution is -2.29. The molecule has 5 nitrogen and oxygen atoms in total. The van der Waals surface area contributed by atoms with E-state index in [0.717, 1.165) is 30.3 Å². The first-order chi connectivity index (χ1) is 14.3. The van der Waals surface area contributed by atoms with E-state index in [1.165, 1.54) is 38.5 Å². The molecule has 0 unspecified atom stereocenters. The zero-order valence-electron chi connectivity index (χ0n) is 17.1. The summed E-state index contributed by atoms with van der Waals surface area (Å²) in [5.74, 6) is -1.98. The van der Waals surface area contributed by atoms with E-state index in [4.69, 9.17) is 4.74 Å². The van der Waals surface area contributed by atoms with Crippen LogP contribution >= 0.6 is 0 Å². The van der Waals surface area contributed by atoms with E-state index in [9.17, 15) is 22.8 Å². The minimum atomic E-state index is -5.16. The molecular formula is C22H30F3NO4. The topological polar surface area (TPSA) is 64.6 Å². The van der Waals surface area contributed by atoms with Crippen molar-refractivity contribution in [1.29, 1.82) is 0 Å². The van der Waals surface area contributed by atoms with Gasteiger partial charge in [-0.3, -0.25) is 4.79 Å². The Kier molecular flexibility index (Phi) is 10.1. The molecule has 1 N–H and O–H groups in total. The van der Waals surface area contributed by atoms with Gasteiger partial charge in [0.2, 0.25) is 0 Å². The Hall–Kier alpha value is -2.09. The van der Waals surface area contributed by atoms with Crippen LogP contribution in [0.2, 0.25) is 0 Å². The lowest BCUT2D eigenvalue weighted by Gasteiger charge is -2.21. The minimum Gasteiger partial charge on any atom is -0.494 e. The van der Waals surface area contributed by atoms with Crippen LogP contribution in [0.3, 0.4) is 0 Å². The third kappa shape index (κ3) is 9.61. The second-order valence-electron chi connectivity index (χ2n) is 7.65. The van der Waals surface area contributed by atoms with Gasteiger partial charge in [-0.25, -0.2) is 4.79 Å². The van der Waals surface area contributed by atoms with Crippen LogP contribution in [-0.2, 0) is 20.7 Å². The molecule has 1 aromatic carbocycles. The Labute approximate surface area is 175 Å². The number of rotatable bonds is 11. The molecule has 0 aromatic heterocycles. The van der Waals surface area contributed by atoms with Crippen LogP contribution in [0.1, 0.15) is 56.9 Å². The Morgan fingerprint density at radius 2 is 1.73 bits per heavy atom. The highest BCUT2D eigenvalue weighted by Gasteiger charge is 2.42. The van der Waals surface area contributed by atoms with Gasteiger partial charge in [-0.2, -0.15) is 13.2 Å². The van der Waals surface area contributed by atoms with Crippen LogP contribution in [0, 0.1) is 5.92 Å². The van der Waals surface area contributed by atoms with Gasteiger partial charge in [0.05, 0.1) is 13.0 Å². The molecule has 0 atom stereocenters. The fourth-order valence-corrected chi connectivity index (χ4v) is 3.55. The van der Waals surface area contributed by atoms with Crippen molar-refractivity contribution in [2.24, 2.45) is 5.92 Å². The molecule has 0 spiro atoms. The van der Waals surface area contributed by atoms with E-state index in [1.807, 2.05) is 24.3 Å². The zero-order chi connectivity index (χ0) is 21.8. The fraction of sp³-hybridized carbons (Fsp3) is 0.636. The molecule has 1 aliphatic rings. The van der Waals surface area contributed by atoms with E-state index >= 15 is 0 Å². The molecule has 168 valence electrons. The maximum atomic E-state index is 12.0. The van der Waals surface area contributed by atoms with Crippen molar-refractivity contribution in [2.75, 3.05) is 19.7 Å². The molecule has 2 rings (SSSR count). The quantitative estimate of drug-likeness (QED) is 0.317. The Balaban J connectivity index is 1.53. The van der Waals surface area contributed by atoms with E-state index in [1.54, 1.807) is 0 Å². The first-order valence-corrected chi connectivity index (χ1v) is 10.6. The van der Waals surface area contributed by atoms with Crippen LogP contribution in [0.5, 0.6) is 5.75 Å². The SMILES string of the molecule is O=C(CCNCCc1ccc(OCCCC2CCCCC2)cc1)OC(=O)C(F)(F)F. The number of esters is 2. The first kappa shape index (κ1) is 24.2. The number of benzene rings is 1. The predicted octanol–water partition coefficient (Wildman–Crippen LogP) is 4.58. The highest BCUT2D eigenvalue weighted by molar-refractivity contribution is 5.88. The number of hydrogen-bond donors (Lipinski definition) is 1. The van der Waals surface area contributed by atoms with Crippen molar-refractivity contribution in [3.63, 3.8) is 0 Å². The summed E-state index contributed by atoms with van der Waals surface area (Å²) in [6.45, 7) is 1.40. The van der Waals surface area contributed by atoms with Gasteiger partial charge in [-0.15, -0.1) is 0 Å². The smallest absolute Gasteiger partial charge is 0.491 e. The van der Waals surface area contributed by atoms with Gasteiger partial charge in [-0.05, 0) is 49.4 Å². The largest absolute Gasteiger partial charge is 0.494 e. The van der Waals surface area contributed by atoms with E-state index in [2.05, 4.69) is 10.1 Å². The van der Waals surface area contributed by atoms with E-state index in [0.29, 0.717) is 13.0 Å². The van der Waals surface area contributed by atoms with Crippen LogP contribution in [0.25, 0.3) is 0 Å². The number of alkyl halides is 3. The molecular weight excluding hydrogens is 399 g/mol. The van der Waals surface area contributed by atoms with Crippen molar-refractivity contribution >= 4 is 11.9 Å². The summed E-state index contributed by atoms with van der Waals surface area (Å²) in [6.07, 6.45) is 4.36. The third-order valence-electron chi connectivity index (χ3n) is 5.21. The maximum Gasteiger partial charge on any atom is 0.491 e. The lowest BCUT2D eigenvalue weighted by atomic mass is 9.86. The molecule has 0 heterocycles. The molecule has 0 radical (unpaired) electrons. The number of hydrogen-bond acceptors (Lipinski definition) is 5. The van der Waals surface area contributed by atoms with Crippen LogP contribution in [-0.4, -0.2) is 37.8 Å². The number of carbonyl (C=O) groups is 2. The molecule has 30 heavy (non-hydrogen) atoms. The summed E-state index contributed by atoms with van der Waals surface area (Å²) in [5.41, 5.74) is 1.08. The minimum absolute atomic E-state index is 0.131.